The van der Waals surface area contributed by atoms with Gasteiger partial charge in [0.05, 0.1) is 0 Å². The van der Waals surface area contributed by atoms with Gasteiger partial charge in [-0.25, -0.2) is 4.98 Å². The maximum absolute atomic E-state index is 12.9. The molecular formula is C32H35N5O. The highest BCUT2D eigenvalue weighted by Gasteiger charge is 2.44. The Morgan fingerprint density at radius 3 is 2.26 bits per heavy atom. The molecule has 194 valence electrons. The summed E-state index contributed by atoms with van der Waals surface area (Å²) in [5.74, 6) is 0.305. The van der Waals surface area contributed by atoms with E-state index in [1.807, 2.05) is 6.20 Å². The molecule has 0 unspecified atom stereocenters. The van der Waals surface area contributed by atoms with Crippen LogP contribution in [-0.2, 0) is 5.41 Å². The van der Waals surface area contributed by atoms with E-state index >= 15 is 0 Å². The summed E-state index contributed by atoms with van der Waals surface area (Å²) >= 11 is 0. The average Bonchev–Trinajstić information content (AvgIpc) is 3.49. The minimum Gasteiger partial charge on any atom is -0.369 e. The second kappa shape index (κ2) is 9.07. The topological polar surface area (TPSA) is 55.5 Å². The largest absolute Gasteiger partial charge is 0.369 e. The molecule has 6 heteroatoms. The Hall–Kier alpha value is -3.48. The fourth-order valence-electron chi connectivity index (χ4n) is 6.71. The number of likely N-dealkylation sites (N-methyl/N-ethyl adjacent to an activating group) is 1. The molecule has 1 aliphatic carbocycles. The molecule has 38 heavy (non-hydrogen) atoms. The van der Waals surface area contributed by atoms with Gasteiger partial charge in [-0.1, -0.05) is 24.3 Å². The highest BCUT2D eigenvalue weighted by atomic mass is 16.1. The van der Waals surface area contributed by atoms with Crippen LogP contribution >= 0.6 is 0 Å². The van der Waals surface area contributed by atoms with E-state index in [1.54, 1.807) is 0 Å². The van der Waals surface area contributed by atoms with Crippen molar-refractivity contribution in [3.63, 3.8) is 0 Å². The third-order valence-corrected chi connectivity index (χ3v) is 9.25. The van der Waals surface area contributed by atoms with E-state index in [0.717, 1.165) is 85.4 Å². The van der Waals surface area contributed by atoms with Gasteiger partial charge in [-0.15, -0.1) is 0 Å². The standard InChI is InChI=1S/C32H35N5O/c1-35-11-9-32(10-12-35)19-30(38)26-8-5-23(18-29(26)32)28-21-34-31-27(28)17-24(20-33-31)22-3-6-25(7-4-22)37-15-13-36(2)14-16-37/h3-8,17-18,20-21H,9-16,19H2,1-2H3,(H,33,34). The summed E-state index contributed by atoms with van der Waals surface area (Å²) in [4.78, 5) is 28.3. The van der Waals surface area contributed by atoms with Crippen LogP contribution in [0.1, 0.15) is 35.2 Å². The molecule has 2 aromatic carbocycles. The number of likely N-dealkylation sites (tertiary alicyclic amines) is 1. The lowest BCUT2D eigenvalue weighted by atomic mass is 9.73. The number of Topliss-reactive ketones (excluding diaryl/α,β-unsaturated/α-hetero) is 1. The molecule has 1 spiro atoms. The zero-order valence-electron chi connectivity index (χ0n) is 22.3. The molecule has 0 radical (unpaired) electrons. The maximum Gasteiger partial charge on any atom is 0.164 e. The normalized spacial score (nSPS) is 19.9. The van der Waals surface area contributed by atoms with Gasteiger partial charge in [0.2, 0.25) is 0 Å². The number of rotatable bonds is 3. The van der Waals surface area contributed by atoms with Crippen LogP contribution < -0.4 is 4.90 Å². The molecule has 2 saturated heterocycles. The van der Waals surface area contributed by atoms with Gasteiger partial charge in [0.1, 0.15) is 5.65 Å². The third-order valence-electron chi connectivity index (χ3n) is 9.25. The fraction of sp³-hybridized carbons (Fsp3) is 0.375. The number of hydrogen-bond donors (Lipinski definition) is 1. The molecule has 7 rings (SSSR count). The second-order valence-corrected chi connectivity index (χ2v) is 11.6. The lowest BCUT2D eigenvalue weighted by molar-refractivity contribution is 0.0945. The SMILES string of the molecule is CN1CCN(c2ccc(-c3cnc4[nH]cc(-c5ccc6c(c5)C5(CCN(C)CC5)CC6=O)c4c3)cc2)CC1. The number of piperidine rings is 1. The number of fused-ring (bicyclic) bond motifs is 3. The van der Waals surface area contributed by atoms with Crippen LogP contribution in [0.15, 0.2) is 60.9 Å². The minimum atomic E-state index is -0.00399. The number of nitrogens with one attached hydrogen (secondary N) is 1. The van der Waals surface area contributed by atoms with Gasteiger partial charge in [-0.3, -0.25) is 4.79 Å². The Balaban J connectivity index is 1.22. The summed E-state index contributed by atoms with van der Waals surface area (Å²) in [6, 6.07) is 17.6. The predicted octanol–water partition coefficient (Wildman–Crippen LogP) is 5.20. The number of ketones is 1. The first-order chi connectivity index (χ1) is 18.5. The predicted molar refractivity (Wildman–Crippen MR) is 154 cm³/mol. The summed E-state index contributed by atoms with van der Waals surface area (Å²) < 4.78 is 0. The maximum atomic E-state index is 12.9. The van der Waals surface area contributed by atoms with Gasteiger partial charge >= 0.3 is 0 Å². The quantitative estimate of drug-likeness (QED) is 0.415. The molecule has 6 nitrogen and oxygen atoms in total. The second-order valence-electron chi connectivity index (χ2n) is 11.6. The zero-order chi connectivity index (χ0) is 25.9. The van der Waals surface area contributed by atoms with Crippen molar-refractivity contribution in [1.29, 1.82) is 0 Å². The van der Waals surface area contributed by atoms with E-state index in [1.165, 1.54) is 16.8 Å². The van der Waals surface area contributed by atoms with Gasteiger partial charge in [-0.2, -0.15) is 0 Å². The Kier molecular flexibility index (Phi) is 5.64. The van der Waals surface area contributed by atoms with E-state index in [9.17, 15) is 4.79 Å². The van der Waals surface area contributed by atoms with Crippen molar-refractivity contribution in [3.8, 4) is 22.3 Å². The molecule has 0 atom stereocenters. The van der Waals surface area contributed by atoms with Gasteiger partial charge < -0.3 is 19.7 Å². The fourth-order valence-corrected chi connectivity index (χ4v) is 6.71. The van der Waals surface area contributed by atoms with Crippen molar-refractivity contribution in [2.45, 2.75) is 24.7 Å². The first-order valence-corrected chi connectivity index (χ1v) is 13.9. The summed E-state index contributed by atoms with van der Waals surface area (Å²) in [6.45, 7) is 6.44. The minimum absolute atomic E-state index is 0.00399. The number of piperazine rings is 1. The molecule has 2 fully saturated rings. The van der Waals surface area contributed by atoms with Crippen molar-refractivity contribution >= 4 is 22.5 Å². The van der Waals surface area contributed by atoms with E-state index in [0.29, 0.717) is 12.2 Å². The number of anilines is 1. The number of aromatic amines is 1. The first-order valence-electron chi connectivity index (χ1n) is 13.9. The monoisotopic (exact) mass is 505 g/mol. The highest BCUT2D eigenvalue weighted by molar-refractivity contribution is 6.04. The van der Waals surface area contributed by atoms with Crippen LogP contribution in [-0.4, -0.2) is 78.9 Å². The number of aromatic nitrogens is 2. The van der Waals surface area contributed by atoms with Crippen molar-refractivity contribution < 1.29 is 4.79 Å². The van der Waals surface area contributed by atoms with Crippen LogP contribution in [0.4, 0.5) is 5.69 Å². The summed E-state index contributed by atoms with van der Waals surface area (Å²) in [5.41, 5.74) is 8.96. The third kappa shape index (κ3) is 3.94. The van der Waals surface area contributed by atoms with Crippen LogP contribution in [0, 0.1) is 0 Å². The summed E-state index contributed by atoms with van der Waals surface area (Å²) in [5, 5.41) is 1.12. The number of carbonyl (C=O) groups excluding carboxylic acids is 1. The number of hydrogen-bond acceptors (Lipinski definition) is 5. The lowest BCUT2D eigenvalue weighted by Crippen LogP contribution is -2.44. The molecule has 4 aromatic rings. The highest BCUT2D eigenvalue weighted by Crippen LogP contribution is 2.47. The zero-order valence-corrected chi connectivity index (χ0v) is 22.3. The van der Waals surface area contributed by atoms with Crippen molar-refractivity contribution in [1.82, 2.24) is 19.8 Å². The lowest BCUT2D eigenvalue weighted by Gasteiger charge is -2.38. The van der Waals surface area contributed by atoms with E-state index in [2.05, 4.69) is 88.5 Å². The van der Waals surface area contributed by atoms with Gasteiger partial charge in [0, 0.05) is 78.2 Å². The molecular weight excluding hydrogens is 470 g/mol. The van der Waals surface area contributed by atoms with Crippen molar-refractivity contribution in [3.05, 3.63) is 72.1 Å². The molecule has 0 amide bonds. The van der Waals surface area contributed by atoms with Crippen molar-refractivity contribution in [2.24, 2.45) is 0 Å². The van der Waals surface area contributed by atoms with Gasteiger partial charge in [0.25, 0.3) is 0 Å². The molecule has 0 bridgehead atoms. The smallest absolute Gasteiger partial charge is 0.164 e. The van der Waals surface area contributed by atoms with Crippen LogP contribution in [0.25, 0.3) is 33.3 Å². The average molecular weight is 506 g/mol. The van der Waals surface area contributed by atoms with E-state index in [4.69, 9.17) is 4.98 Å². The number of benzene rings is 2. The molecule has 3 aliphatic rings. The summed E-state index contributed by atoms with van der Waals surface area (Å²) in [7, 11) is 4.37. The van der Waals surface area contributed by atoms with Crippen LogP contribution in [0.3, 0.4) is 0 Å². The number of carbonyl (C=O) groups is 1. The molecule has 2 aromatic heterocycles. The van der Waals surface area contributed by atoms with Crippen molar-refractivity contribution in [2.75, 3.05) is 58.3 Å². The first kappa shape index (κ1) is 23.6. The van der Waals surface area contributed by atoms with E-state index < -0.39 is 0 Å². The Labute approximate surface area is 224 Å². The van der Waals surface area contributed by atoms with Crippen LogP contribution in [0.5, 0.6) is 0 Å². The number of nitrogens with zero attached hydrogens (tertiary/aromatic N) is 4. The van der Waals surface area contributed by atoms with E-state index in [-0.39, 0.29) is 5.41 Å². The molecule has 1 N–H and O–H groups in total. The molecule has 0 saturated carbocycles. The van der Waals surface area contributed by atoms with Crippen LogP contribution in [0.2, 0.25) is 0 Å². The number of H-pyrrole nitrogens is 1. The number of pyridine rings is 1. The van der Waals surface area contributed by atoms with Gasteiger partial charge in [0.15, 0.2) is 5.78 Å². The Morgan fingerprint density at radius 2 is 1.50 bits per heavy atom. The molecule has 2 aliphatic heterocycles. The summed E-state index contributed by atoms with van der Waals surface area (Å²) in [6.07, 6.45) is 6.79. The van der Waals surface area contributed by atoms with Gasteiger partial charge in [-0.05, 0) is 81.0 Å². The molecule has 4 heterocycles. The Bertz CT molecular complexity index is 1500. The Morgan fingerprint density at radius 1 is 0.789 bits per heavy atom.